The van der Waals surface area contributed by atoms with Gasteiger partial charge in [-0.15, -0.1) is 11.3 Å². The first kappa shape index (κ1) is 20.6. The van der Waals surface area contributed by atoms with Crippen LogP contribution in [0.2, 0.25) is 5.15 Å². The summed E-state index contributed by atoms with van der Waals surface area (Å²) in [4.78, 5) is 32.2. The number of hydrogen-bond acceptors (Lipinski definition) is 8. The number of thiazole rings is 1. The fourth-order valence-corrected chi connectivity index (χ4v) is 3.17. The Morgan fingerprint density at radius 1 is 1.17 bits per heavy atom. The van der Waals surface area contributed by atoms with Gasteiger partial charge < -0.3 is 14.2 Å². The average molecular weight is 434 g/mol. The van der Waals surface area contributed by atoms with Crippen LogP contribution in [0.3, 0.4) is 0 Å². The number of methoxy groups -OCH3 is 2. The number of benzene rings is 1. The third-order valence-corrected chi connectivity index (χ3v) is 4.71. The number of hydrogen-bond donors (Lipinski definition) is 1. The zero-order valence-electron chi connectivity index (χ0n) is 15.5. The molecule has 3 aromatic rings. The zero-order chi connectivity index (χ0) is 20.8. The number of rotatable bonds is 7. The molecule has 8 nitrogen and oxygen atoms in total. The molecule has 0 fully saturated rings. The molecule has 0 aliphatic rings. The van der Waals surface area contributed by atoms with Gasteiger partial charge in [-0.25, -0.2) is 14.8 Å². The van der Waals surface area contributed by atoms with Crippen LogP contribution in [0.5, 0.6) is 11.5 Å². The van der Waals surface area contributed by atoms with Crippen molar-refractivity contribution in [3.05, 3.63) is 52.6 Å². The fraction of sp³-hybridized carbons (Fsp3) is 0.158. The molecule has 0 aliphatic carbocycles. The van der Waals surface area contributed by atoms with Crippen LogP contribution in [-0.4, -0.2) is 42.7 Å². The molecule has 1 N–H and O–H groups in total. The number of pyridine rings is 1. The van der Waals surface area contributed by atoms with Crippen molar-refractivity contribution in [1.29, 1.82) is 0 Å². The van der Waals surface area contributed by atoms with Crippen LogP contribution >= 0.6 is 22.9 Å². The molecule has 0 saturated heterocycles. The van der Waals surface area contributed by atoms with Crippen LogP contribution in [0.25, 0.3) is 11.3 Å². The molecule has 1 amide bonds. The molecule has 10 heteroatoms. The molecule has 29 heavy (non-hydrogen) atoms. The van der Waals surface area contributed by atoms with E-state index in [9.17, 15) is 9.59 Å². The zero-order valence-corrected chi connectivity index (χ0v) is 17.0. The number of halogens is 1. The molecule has 0 aliphatic heterocycles. The Bertz CT molecular complexity index is 1020. The van der Waals surface area contributed by atoms with Gasteiger partial charge in [0.2, 0.25) is 0 Å². The van der Waals surface area contributed by atoms with Crippen LogP contribution in [0, 0.1) is 0 Å². The molecular weight excluding hydrogens is 418 g/mol. The lowest BCUT2D eigenvalue weighted by atomic mass is 10.1. The van der Waals surface area contributed by atoms with Crippen molar-refractivity contribution < 1.29 is 23.8 Å². The second-order valence-corrected chi connectivity index (χ2v) is 6.84. The molecule has 1 aromatic carbocycles. The average Bonchev–Trinajstić information content (AvgIpc) is 3.20. The Balaban J connectivity index is 1.62. The van der Waals surface area contributed by atoms with Crippen molar-refractivity contribution in [3.8, 4) is 22.8 Å². The van der Waals surface area contributed by atoms with E-state index in [2.05, 4.69) is 15.3 Å². The number of ether oxygens (including phenoxy) is 3. The lowest BCUT2D eigenvalue weighted by Crippen LogP contribution is -2.20. The summed E-state index contributed by atoms with van der Waals surface area (Å²) in [5.74, 6) is 0.0894. The van der Waals surface area contributed by atoms with Gasteiger partial charge in [0.1, 0.15) is 16.7 Å². The molecule has 2 heterocycles. The number of amides is 1. The predicted octanol–water partition coefficient (Wildman–Crippen LogP) is 3.67. The number of nitrogens with one attached hydrogen (secondary N) is 1. The molecule has 2 aromatic heterocycles. The minimum absolute atomic E-state index is 0.198. The van der Waals surface area contributed by atoms with Gasteiger partial charge in [-0.3, -0.25) is 10.1 Å². The van der Waals surface area contributed by atoms with Crippen molar-refractivity contribution in [1.82, 2.24) is 9.97 Å². The van der Waals surface area contributed by atoms with E-state index in [1.165, 1.54) is 29.7 Å². The number of esters is 1. The third kappa shape index (κ3) is 5.21. The highest BCUT2D eigenvalue weighted by atomic mass is 35.5. The van der Waals surface area contributed by atoms with E-state index in [1.807, 2.05) is 0 Å². The second-order valence-electron chi connectivity index (χ2n) is 5.60. The molecule has 0 spiro atoms. The summed E-state index contributed by atoms with van der Waals surface area (Å²) in [7, 11) is 3.13. The fourth-order valence-electron chi connectivity index (χ4n) is 2.34. The van der Waals surface area contributed by atoms with E-state index in [0.717, 1.165) is 5.56 Å². The quantitative estimate of drug-likeness (QED) is 0.448. The highest BCUT2D eigenvalue weighted by molar-refractivity contribution is 7.14. The number of aromatic nitrogens is 2. The van der Waals surface area contributed by atoms with Gasteiger partial charge in [-0.2, -0.15) is 0 Å². The SMILES string of the molecule is COc1ccc(OC)c(-c2csc(NC(=O)COC(=O)c3ccc(Cl)nc3)n2)c1. The van der Waals surface area contributed by atoms with Crippen LogP contribution in [0.1, 0.15) is 10.4 Å². The minimum atomic E-state index is -0.676. The first-order valence-electron chi connectivity index (χ1n) is 8.26. The van der Waals surface area contributed by atoms with Crippen molar-refractivity contribution in [2.75, 3.05) is 26.1 Å². The molecule has 0 unspecified atom stereocenters. The second kappa shape index (κ2) is 9.35. The summed E-state index contributed by atoms with van der Waals surface area (Å²) >= 11 is 6.90. The van der Waals surface area contributed by atoms with Gasteiger partial charge in [0.05, 0.1) is 25.5 Å². The van der Waals surface area contributed by atoms with E-state index >= 15 is 0 Å². The van der Waals surface area contributed by atoms with E-state index < -0.39 is 18.5 Å². The van der Waals surface area contributed by atoms with Crippen LogP contribution < -0.4 is 14.8 Å². The topological polar surface area (TPSA) is 99.6 Å². The smallest absolute Gasteiger partial charge is 0.340 e. The van der Waals surface area contributed by atoms with Crippen LogP contribution in [-0.2, 0) is 9.53 Å². The van der Waals surface area contributed by atoms with E-state index in [0.29, 0.717) is 22.3 Å². The highest BCUT2D eigenvalue weighted by Crippen LogP contribution is 2.34. The molecule has 150 valence electrons. The van der Waals surface area contributed by atoms with Gasteiger partial charge in [-0.1, -0.05) is 11.6 Å². The molecular formula is C19H16ClN3O5S. The maximum absolute atomic E-state index is 12.1. The lowest BCUT2D eigenvalue weighted by Gasteiger charge is -2.08. The molecule has 0 radical (unpaired) electrons. The largest absolute Gasteiger partial charge is 0.497 e. The van der Waals surface area contributed by atoms with Gasteiger partial charge >= 0.3 is 5.97 Å². The number of carbonyl (C=O) groups excluding carboxylic acids is 2. The normalized spacial score (nSPS) is 10.3. The van der Waals surface area contributed by atoms with E-state index in [4.69, 9.17) is 25.8 Å². The van der Waals surface area contributed by atoms with Crippen molar-refractivity contribution >= 4 is 39.9 Å². The first-order valence-corrected chi connectivity index (χ1v) is 9.52. The monoisotopic (exact) mass is 433 g/mol. The molecule has 0 bridgehead atoms. The van der Waals surface area contributed by atoms with Gasteiger partial charge in [0.25, 0.3) is 5.91 Å². The maximum atomic E-state index is 12.1. The molecule has 0 saturated carbocycles. The van der Waals surface area contributed by atoms with Gasteiger partial charge in [0, 0.05) is 17.1 Å². The lowest BCUT2D eigenvalue weighted by molar-refractivity contribution is -0.119. The highest BCUT2D eigenvalue weighted by Gasteiger charge is 2.15. The molecule has 0 atom stereocenters. The van der Waals surface area contributed by atoms with Crippen LogP contribution in [0.15, 0.2) is 41.9 Å². The maximum Gasteiger partial charge on any atom is 0.340 e. The van der Waals surface area contributed by atoms with Gasteiger partial charge in [0.15, 0.2) is 11.7 Å². The summed E-state index contributed by atoms with van der Waals surface area (Å²) in [6, 6.07) is 8.27. The summed E-state index contributed by atoms with van der Waals surface area (Å²) in [5.41, 5.74) is 1.54. The first-order chi connectivity index (χ1) is 14.0. The summed E-state index contributed by atoms with van der Waals surface area (Å²) in [5, 5.41) is 4.99. The Labute approximate surface area is 175 Å². The number of anilines is 1. The number of nitrogens with zero attached hydrogens (tertiary/aromatic N) is 2. The Morgan fingerprint density at radius 3 is 2.69 bits per heavy atom. The summed E-state index contributed by atoms with van der Waals surface area (Å²) < 4.78 is 15.6. The summed E-state index contributed by atoms with van der Waals surface area (Å²) in [6.07, 6.45) is 1.27. The van der Waals surface area contributed by atoms with Gasteiger partial charge in [-0.05, 0) is 30.3 Å². The Morgan fingerprint density at radius 2 is 2.00 bits per heavy atom. The van der Waals surface area contributed by atoms with Crippen LogP contribution in [0.4, 0.5) is 5.13 Å². The summed E-state index contributed by atoms with van der Waals surface area (Å²) in [6.45, 7) is -0.459. The van der Waals surface area contributed by atoms with E-state index in [-0.39, 0.29) is 10.7 Å². The minimum Gasteiger partial charge on any atom is -0.497 e. The standard InChI is InChI=1S/C19H16ClN3O5S/c1-26-12-4-5-15(27-2)13(7-12)14-10-29-19(22-14)23-17(24)9-28-18(25)11-3-6-16(20)21-8-11/h3-8,10H,9H2,1-2H3,(H,22,23,24). The molecule has 3 rings (SSSR count). The van der Waals surface area contributed by atoms with E-state index in [1.54, 1.807) is 37.8 Å². The van der Waals surface area contributed by atoms with Crippen molar-refractivity contribution in [2.24, 2.45) is 0 Å². The van der Waals surface area contributed by atoms with Crippen molar-refractivity contribution in [3.63, 3.8) is 0 Å². The van der Waals surface area contributed by atoms with Crippen molar-refractivity contribution in [2.45, 2.75) is 0 Å². The third-order valence-electron chi connectivity index (χ3n) is 3.73. The number of carbonyl (C=O) groups is 2. The Kier molecular flexibility index (Phi) is 6.63. The predicted molar refractivity (Wildman–Crippen MR) is 109 cm³/mol. The Hall–Kier alpha value is -3.17.